The maximum absolute atomic E-state index is 5.87. The van der Waals surface area contributed by atoms with E-state index in [0.29, 0.717) is 0 Å². The predicted molar refractivity (Wildman–Crippen MR) is 67.9 cm³/mol. The summed E-state index contributed by atoms with van der Waals surface area (Å²) in [6, 6.07) is 0.278. The van der Waals surface area contributed by atoms with Crippen molar-refractivity contribution in [1.29, 1.82) is 0 Å². The fraction of sp³-hybridized carbons (Fsp3) is 1.00. The van der Waals surface area contributed by atoms with E-state index in [9.17, 15) is 0 Å². The normalized spacial score (nSPS) is 20.8. The molecule has 0 spiro atoms. The molecular formula is C13H28N2O. The molecule has 0 saturated heterocycles. The Morgan fingerprint density at radius 2 is 2.00 bits per heavy atom. The van der Waals surface area contributed by atoms with Gasteiger partial charge in [0, 0.05) is 12.6 Å². The first-order valence-electron chi connectivity index (χ1n) is 6.56. The molecule has 0 aromatic rings. The van der Waals surface area contributed by atoms with E-state index in [4.69, 9.17) is 10.6 Å². The van der Waals surface area contributed by atoms with Gasteiger partial charge in [0.2, 0.25) is 0 Å². The molecule has 3 heteroatoms. The zero-order chi connectivity index (χ0) is 12.2. The van der Waals surface area contributed by atoms with E-state index >= 15 is 0 Å². The van der Waals surface area contributed by atoms with Crippen molar-refractivity contribution in [3.8, 4) is 0 Å². The maximum Gasteiger partial charge on any atom is 0.0789 e. The number of ether oxygens (including phenoxy) is 1. The highest BCUT2D eigenvalue weighted by Crippen LogP contribution is 2.35. The Labute approximate surface area is 100 Å². The molecule has 2 unspecified atom stereocenters. The van der Waals surface area contributed by atoms with E-state index in [0.717, 1.165) is 18.9 Å². The number of nitrogens with one attached hydrogen (secondary N) is 1. The lowest BCUT2D eigenvalue weighted by atomic mass is 9.83. The molecule has 1 fully saturated rings. The number of rotatable bonds is 7. The lowest BCUT2D eigenvalue weighted by Crippen LogP contribution is -2.50. The van der Waals surface area contributed by atoms with Crippen LogP contribution in [0.15, 0.2) is 0 Å². The molecule has 3 nitrogen and oxygen atoms in total. The number of hydrogen-bond donors (Lipinski definition) is 2. The molecule has 0 aromatic heterocycles. The molecule has 1 rings (SSSR count). The van der Waals surface area contributed by atoms with Crippen molar-refractivity contribution >= 4 is 0 Å². The summed E-state index contributed by atoms with van der Waals surface area (Å²) >= 11 is 0. The Bertz CT molecular complexity index is 197. The minimum Gasteiger partial charge on any atom is -0.376 e. The SMILES string of the molecule is CCOC(C(CCC1CC1)NN)C(C)(C)C. The van der Waals surface area contributed by atoms with Crippen LogP contribution >= 0.6 is 0 Å². The van der Waals surface area contributed by atoms with Crippen LogP contribution in [0.5, 0.6) is 0 Å². The molecule has 96 valence electrons. The van der Waals surface area contributed by atoms with Gasteiger partial charge in [0.15, 0.2) is 0 Å². The summed E-state index contributed by atoms with van der Waals surface area (Å²) in [5, 5.41) is 0. The first-order chi connectivity index (χ1) is 7.49. The Morgan fingerprint density at radius 1 is 1.38 bits per heavy atom. The van der Waals surface area contributed by atoms with Crippen LogP contribution in [0.25, 0.3) is 0 Å². The first-order valence-corrected chi connectivity index (χ1v) is 6.56. The van der Waals surface area contributed by atoms with Crippen LogP contribution in [-0.2, 0) is 4.74 Å². The summed E-state index contributed by atoms with van der Waals surface area (Å²) in [6.45, 7) is 9.45. The zero-order valence-electron chi connectivity index (χ0n) is 11.3. The fourth-order valence-electron chi connectivity index (χ4n) is 2.29. The molecule has 0 aromatic carbocycles. The lowest BCUT2D eigenvalue weighted by molar-refractivity contribution is -0.0380. The van der Waals surface area contributed by atoms with Gasteiger partial charge in [-0.05, 0) is 31.1 Å². The maximum atomic E-state index is 5.87. The topological polar surface area (TPSA) is 47.3 Å². The van der Waals surface area contributed by atoms with Crippen molar-refractivity contribution in [2.75, 3.05) is 6.61 Å². The molecule has 16 heavy (non-hydrogen) atoms. The van der Waals surface area contributed by atoms with Gasteiger partial charge in [0.05, 0.1) is 6.10 Å². The van der Waals surface area contributed by atoms with Gasteiger partial charge < -0.3 is 4.74 Å². The molecule has 1 saturated carbocycles. The highest BCUT2D eigenvalue weighted by Gasteiger charge is 2.33. The van der Waals surface area contributed by atoms with E-state index < -0.39 is 0 Å². The van der Waals surface area contributed by atoms with Gasteiger partial charge >= 0.3 is 0 Å². The number of hydrogen-bond acceptors (Lipinski definition) is 3. The summed E-state index contributed by atoms with van der Waals surface area (Å²) in [7, 11) is 0. The Morgan fingerprint density at radius 3 is 2.38 bits per heavy atom. The first kappa shape index (κ1) is 13.9. The van der Waals surface area contributed by atoms with Crippen LogP contribution < -0.4 is 11.3 Å². The molecule has 0 heterocycles. The van der Waals surface area contributed by atoms with Crippen LogP contribution in [0.4, 0.5) is 0 Å². The van der Waals surface area contributed by atoms with E-state index in [-0.39, 0.29) is 17.6 Å². The smallest absolute Gasteiger partial charge is 0.0789 e. The molecule has 1 aliphatic rings. The minimum absolute atomic E-state index is 0.136. The van der Waals surface area contributed by atoms with Crippen LogP contribution in [-0.4, -0.2) is 18.8 Å². The van der Waals surface area contributed by atoms with Crippen LogP contribution in [0.1, 0.15) is 53.4 Å². The summed E-state index contributed by atoms with van der Waals surface area (Å²) in [6.07, 6.45) is 5.43. The van der Waals surface area contributed by atoms with E-state index in [1.165, 1.54) is 19.3 Å². The van der Waals surface area contributed by atoms with Crippen LogP contribution in [0, 0.1) is 11.3 Å². The average Bonchev–Trinajstić information content (AvgIpc) is 2.99. The summed E-state index contributed by atoms with van der Waals surface area (Å²) in [4.78, 5) is 0. The third-order valence-corrected chi connectivity index (χ3v) is 3.36. The van der Waals surface area contributed by atoms with Gasteiger partial charge in [-0.25, -0.2) is 0 Å². The number of hydrazine groups is 1. The molecule has 0 aliphatic heterocycles. The van der Waals surface area contributed by atoms with E-state index in [1.807, 2.05) is 6.92 Å². The third-order valence-electron chi connectivity index (χ3n) is 3.36. The third kappa shape index (κ3) is 4.40. The average molecular weight is 228 g/mol. The van der Waals surface area contributed by atoms with Crippen molar-refractivity contribution in [1.82, 2.24) is 5.43 Å². The lowest BCUT2D eigenvalue weighted by Gasteiger charge is -2.36. The Balaban J connectivity index is 2.49. The molecule has 0 amide bonds. The fourth-order valence-corrected chi connectivity index (χ4v) is 2.29. The Hall–Kier alpha value is -0.120. The second-order valence-electron chi connectivity index (χ2n) is 6.04. The standard InChI is InChI=1S/C13H28N2O/c1-5-16-12(13(2,3)4)11(15-14)9-8-10-6-7-10/h10-12,15H,5-9,14H2,1-4H3. The second-order valence-corrected chi connectivity index (χ2v) is 6.04. The number of nitrogens with two attached hydrogens (primary N) is 1. The summed E-state index contributed by atoms with van der Waals surface area (Å²) < 4.78 is 5.87. The van der Waals surface area contributed by atoms with Gasteiger partial charge in [-0.15, -0.1) is 0 Å². The van der Waals surface area contributed by atoms with Crippen LogP contribution in [0.3, 0.4) is 0 Å². The van der Waals surface area contributed by atoms with Crippen molar-refractivity contribution < 1.29 is 4.74 Å². The monoisotopic (exact) mass is 228 g/mol. The van der Waals surface area contributed by atoms with Crippen molar-refractivity contribution in [2.45, 2.75) is 65.5 Å². The summed E-state index contributed by atoms with van der Waals surface area (Å²) in [5.74, 6) is 6.63. The summed E-state index contributed by atoms with van der Waals surface area (Å²) in [5.41, 5.74) is 3.09. The quantitative estimate of drug-likeness (QED) is 0.520. The van der Waals surface area contributed by atoms with Gasteiger partial charge in [0.1, 0.15) is 0 Å². The molecular weight excluding hydrogens is 200 g/mol. The highest BCUT2D eigenvalue weighted by molar-refractivity contribution is 4.87. The van der Waals surface area contributed by atoms with Crippen molar-refractivity contribution in [3.05, 3.63) is 0 Å². The molecule has 3 N–H and O–H groups in total. The molecule has 0 radical (unpaired) electrons. The van der Waals surface area contributed by atoms with Crippen LogP contribution in [0.2, 0.25) is 0 Å². The minimum atomic E-state index is 0.136. The second kappa shape index (κ2) is 5.99. The molecule has 1 aliphatic carbocycles. The van der Waals surface area contributed by atoms with Gasteiger partial charge in [0.25, 0.3) is 0 Å². The molecule has 0 bridgehead atoms. The van der Waals surface area contributed by atoms with Crippen molar-refractivity contribution in [3.63, 3.8) is 0 Å². The van der Waals surface area contributed by atoms with Gasteiger partial charge in [-0.2, -0.15) is 0 Å². The highest BCUT2D eigenvalue weighted by atomic mass is 16.5. The predicted octanol–water partition coefficient (Wildman–Crippen LogP) is 2.46. The molecule has 2 atom stereocenters. The zero-order valence-corrected chi connectivity index (χ0v) is 11.3. The van der Waals surface area contributed by atoms with E-state index in [2.05, 4.69) is 26.2 Å². The largest absolute Gasteiger partial charge is 0.376 e. The van der Waals surface area contributed by atoms with Crippen molar-refractivity contribution in [2.24, 2.45) is 17.2 Å². The van der Waals surface area contributed by atoms with Gasteiger partial charge in [-0.1, -0.05) is 33.6 Å². The van der Waals surface area contributed by atoms with Gasteiger partial charge in [-0.3, -0.25) is 11.3 Å². The van der Waals surface area contributed by atoms with E-state index in [1.54, 1.807) is 0 Å². The Kier molecular flexibility index (Phi) is 5.22.